The molecule has 1 heterocycles. The summed E-state index contributed by atoms with van der Waals surface area (Å²) in [5.41, 5.74) is 2.38. The molecule has 2 aromatic carbocycles. The van der Waals surface area contributed by atoms with Crippen molar-refractivity contribution in [3.8, 4) is 0 Å². The Morgan fingerprint density at radius 1 is 1.03 bits per heavy atom. The van der Waals surface area contributed by atoms with Gasteiger partial charge in [0, 0.05) is 45.8 Å². The van der Waals surface area contributed by atoms with Crippen molar-refractivity contribution < 1.29 is 8.42 Å². The van der Waals surface area contributed by atoms with Crippen molar-refractivity contribution in [1.82, 2.24) is 20.3 Å². The number of hydrogen-bond donors (Lipinski definition) is 3. The largest absolute Gasteiger partial charge is 0.355 e. The zero-order valence-electron chi connectivity index (χ0n) is 18.8. The van der Waals surface area contributed by atoms with E-state index in [-0.39, 0.29) is 35.4 Å². The van der Waals surface area contributed by atoms with Crippen LogP contribution in [0.25, 0.3) is 0 Å². The second-order valence-corrected chi connectivity index (χ2v) is 9.66. The van der Waals surface area contributed by atoms with E-state index in [2.05, 4.69) is 49.5 Å². The second kappa shape index (κ2) is 13.1. The van der Waals surface area contributed by atoms with Crippen molar-refractivity contribution in [2.45, 2.75) is 37.2 Å². The quantitative estimate of drug-likeness (QED) is 0.197. The summed E-state index contributed by atoms with van der Waals surface area (Å²) in [6.45, 7) is 5.74. The second-order valence-electron chi connectivity index (χ2n) is 7.89. The Kier molecular flexibility index (Phi) is 10.9. The first-order chi connectivity index (χ1) is 15.0. The van der Waals surface area contributed by atoms with E-state index in [0.29, 0.717) is 18.5 Å². The van der Waals surface area contributed by atoms with Gasteiger partial charge in [0.25, 0.3) is 0 Å². The van der Waals surface area contributed by atoms with Crippen LogP contribution < -0.4 is 15.4 Å². The Labute approximate surface area is 209 Å². The van der Waals surface area contributed by atoms with Crippen LogP contribution in [0.1, 0.15) is 24.0 Å². The molecule has 0 radical (unpaired) electrons. The number of piperidine rings is 1. The van der Waals surface area contributed by atoms with E-state index in [0.717, 1.165) is 38.0 Å². The first-order valence-electron chi connectivity index (χ1n) is 10.8. The SMILES string of the molecule is CN=C(NCCNS(=O)(=O)c1ccc(C)cc1)NC1CCN(Cc2ccccc2)CC1.I. The molecule has 32 heavy (non-hydrogen) atoms. The number of hydrogen-bond acceptors (Lipinski definition) is 4. The molecule has 1 aliphatic rings. The predicted molar refractivity (Wildman–Crippen MR) is 141 cm³/mol. The minimum absolute atomic E-state index is 0. The molecule has 2 aromatic rings. The number of nitrogens with one attached hydrogen (secondary N) is 3. The number of rotatable bonds is 8. The summed E-state index contributed by atoms with van der Waals surface area (Å²) in [5.74, 6) is 0.705. The summed E-state index contributed by atoms with van der Waals surface area (Å²) in [4.78, 5) is 7.03. The van der Waals surface area contributed by atoms with E-state index in [4.69, 9.17) is 0 Å². The van der Waals surface area contributed by atoms with Crippen LogP contribution >= 0.6 is 24.0 Å². The third-order valence-corrected chi connectivity index (χ3v) is 6.92. The zero-order chi connectivity index (χ0) is 22.1. The van der Waals surface area contributed by atoms with Crippen molar-refractivity contribution >= 4 is 40.0 Å². The third-order valence-electron chi connectivity index (χ3n) is 5.44. The summed E-state index contributed by atoms with van der Waals surface area (Å²) >= 11 is 0. The van der Waals surface area contributed by atoms with Crippen LogP contribution in [-0.2, 0) is 16.6 Å². The van der Waals surface area contributed by atoms with Gasteiger partial charge in [0.2, 0.25) is 10.0 Å². The number of aryl methyl sites for hydroxylation is 1. The fraction of sp³-hybridized carbons (Fsp3) is 0.435. The number of benzene rings is 2. The Morgan fingerprint density at radius 2 is 1.69 bits per heavy atom. The number of nitrogens with zero attached hydrogens (tertiary/aromatic N) is 2. The molecule has 0 spiro atoms. The van der Waals surface area contributed by atoms with E-state index in [1.807, 2.05) is 13.0 Å². The molecule has 0 aromatic heterocycles. The molecule has 1 aliphatic heterocycles. The molecule has 0 aliphatic carbocycles. The first kappa shape index (κ1) is 26.6. The van der Waals surface area contributed by atoms with Gasteiger partial charge in [0.15, 0.2) is 5.96 Å². The molecule has 0 saturated carbocycles. The fourth-order valence-electron chi connectivity index (χ4n) is 3.63. The van der Waals surface area contributed by atoms with Gasteiger partial charge in [0.1, 0.15) is 0 Å². The van der Waals surface area contributed by atoms with Crippen molar-refractivity contribution in [3.63, 3.8) is 0 Å². The molecular formula is C23H34IN5O2S. The molecule has 1 fully saturated rings. The lowest BCUT2D eigenvalue weighted by Gasteiger charge is -2.33. The van der Waals surface area contributed by atoms with Crippen LogP contribution in [-0.4, -0.2) is 58.5 Å². The van der Waals surface area contributed by atoms with Crippen LogP contribution in [0.3, 0.4) is 0 Å². The van der Waals surface area contributed by atoms with Crippen LogP contribution in [0, 0.1) is 6.92 Å². The maximum atomic E-state index is 12.3. The average molecular weight is 572 g/mol. The number of guanidine groups is 1. The maximum Gasteiger partial charge on any atom is 0.240 e. The monoisotopic (exact) mass is 571 g/mol. The molecule has 0 unspecified atom stereocenters. The molecule has 7 nitrogen and oxygen atoms in total. The van der Waals surface area contributed by atoms with Gasteiger partial charge in [-0.3, -0.25) is 9.89 Å². The molecule has 0 bridgehead atoms. The Morgan fingerprint density at radius 3 is 2.31 bits per heavy atom. The lowest BCUT2D eigenvalue weighted by atomic mass is 10.0. The molecule has 0 amide bonds. The lowest BCUT2D eigenvalue weighted by molar-refractivity contribution is 0.198. The molecule has 1 saturated heterocycles. The van der Waals surface area contributed by atoms with Crippen molar-refractivity contribution in [1.29, 1.82) is 0 Å². The van der Waals surface area contributed by atoms with Crippen molar-refractivity contribution in [3.05, 3.63) is 65.7 Å². The summed E-state index contributed by atoms with van der Waals surface area (Å²) < 4.78 is 27.3. The minimum atomic E-state index is -3.50. The van der Waals surface area contributed by atoms with Crippen LogP contribution in [0.15, 0.2) is 64.5 Å². The smallest absolute Gasteiger partial charge is 0.240 e. The van der Waals surface area contributed by atoms with E-state index in [9.17, 15) is 8.42 Å². The Balaban J connectivity index is 0.00000363. The zero-order valence-corrected chi connectivity index (χ0v) is 21.9. The van der Waals surface area contributed by atoms with Gasteiger partial charge >= 0.3 is 0 Å². The molecular weight excluding hydrogens is 537 g/mol. The molecule has 176 valence electrons. The molecule has 9 heteroatoms. The van der Waals surface area contributed by atoms with E-state index in [1.54, 1.807) is 31.3 Å². The topological polar surface area (TPSA) is 85.8 Å². The van der Waals surface area contributed by atoms with Gasteiger partial charge in [-0.25, -0.2) is 13.1 Å². The Hall–Kier alpha value is -1.69. The van der Waals surface area contributed by atoms with Gasteiger partial charge in [-0.15, -0.1) is 24.0 Å². The fourth-order valence-corrected chi connectivity index (χ4v) is 4.66. The summed E-state index contributed by atoms with van der Waals surface area (Å²) in [7, 11) is -1.76. The minimum Gasteiger partial charge on any atom is -0.355 e. The van der Waals surface area contributed by atoms with Gasteiger partial charge in [-0.2, -0.15) is 0 Å². The highest BCUT2D eigenvalue weighted by Gasteiger charge is 2.20. The number of halogens is 1. The summed E-state index contributed by atoms with van der Waals surface area (Å²) in [6, 6.07) is 17.7. The third kappa shape index (κ3) is 8.34. The summed E-state index contributed by atoms with van der Waals surface area (Å²) in [6.07, 6.45) is 2.10. The van der Waals surface area contributed by atoms with Gasteiger partial charge < -0.3 is 10.6 Å². The number of likely N-dealkylation sites (tertiary alicyclic amines) is 1. The van der Waals surface area contributed by atoms with Crippen LogP contribution in [0.4, 0.5) is 0 Å². The van der Waals surface area contributed by atoms with Crippen LogP contribution in [0.2, 0.25) is 0 Å². The first-order valence-corrected chi connectivity index (χ1v) is 12.2. The molecule has 3 N–H and O–H groups in total. The van der Waals surface area contributed by atoms with Crippen molar-refractivity contribution in [2.24, 2.45) is 4.99 Å². The Bertz CT molecular complexity index is 944. The van der Waals surface area contributed by atoms with E-state index in [1.165, 1.54) is 5.56 Å². The maximum absolute atomic E-state index is 12.3. The van der Waals surface area contributed by atoms with Crippen LogP contribution in [0.5, 0.6) is 0 Å². The number of sulfonamides is 1. The summed E-state index contributed by atoms with van der Waals surface area (Å²) in [5, 5.41) is 6.66. The van der Waals surface area contributed by atoms with Gasteiger partial charge in [-0.05, 0) is 37.5 Å². The number of aliphatic imine (C=N–C) groups is 1. The molecule has 0 atom stereocenters. The standard InChI is InChI=1S/C23H33N5O2S.HI/c1-19-8-10-22(11-9-19)31(29,30)26-15-14-25-23(24-2)27-21-12-16-28(17-13-21)18-20-6-4-3-5-7-20;/h3-11,21,26H,12-18H2,1-2H3,(H2,24,25,27);1H. The average Bonchev–Trinajstić information content (AvgIpc) is 2.78. The van der Waals surface area contributed by atoms with Gasteiger partial charge in [-0.1, -0.05) is 48.0 Å². The highest BCUT2D eigenvalue weighted by molar-refractivity contribution is 14.0. The normalized spacial score (nSPS) is 15.8. The van der Waals surface area contributed by atoms with Crippen molar-refractivity contribution in [2.75, 3.05) is 33.2 Å². The highest BCUT2D eigenvalue weighted by atomic mass is 127. The van der Waals surface area contributed by atoms with E-state index < -0.39 is 10.0 Å². The van der Waals surface area contributed by atoms with E-state index >= 15 is 0 Å². The lowest BCUT2D eigenvalue weighted by Crippen LogP contribution is -2.49. The highest BCUT2D eigenvalue weighted by Crippen LogP contribution is 2.14. The predicted octanol–water partition coefficient (Wildman–Crippen LogP) is 2.72. The van der Waals surface area contributed by atoms with Gasteiger partial charge in [0.05, 0.1) is 4.90 Å². The molecule has 3 rings (SSSR count).